The number of anilines is 1. The maximum absolute atomic E-state index is 13.1. The molecule has 29 heavy (non-hydrogen) atoms. The highest BCUT2D eigenvalue weighted by Gasteiger charge is 2.22. The van der Waals surface area contributed by atoms with E-state index in [1.807, 2.05) is 0 Å². The standard InChI is InChI=1S/C19H15N5O5/c1-9-16-14(18(25)21-17-10(2)23-28-11(17)3)8-15(20-19(16)29-22-9)12-5-4-6-13(7-12)24(26)27/h4-8H,1-3H3,(H,21,25). The third kappa shape index (κ3) is 3.20. The zero-order valence-corrected chi connectivity index (χ0v) is 15.7. The van der Waals surface area contributed by atoms with Crippen molar-refractivity contribution in [2.75, 3.05) is 5.32 Å². The zero-order chi connectivity index (χ0) is 20.7. The van der Waals surface area contributed by atoms with Crippen molar-refractivity contribution in [3.05, 3.63) is 63.2 Å². The molecule has 0 aliphatic carbocycles. The second kappa shape index (κ2) is 6.82. The molecule has 146 valence electrons. The van der Waals surface area contributed by atoms with E-state index in [1.54, 1.807) is 39.0 Å². The summed E-state index contributed by atoms with van der Waals surface area (Å²) in [7, 11) is 0. The molecule has 3 heterocycles. The molecule has 0 unspecified atom stereocenters. The number of pyridine rings is 1. The lowest BCUT2D eigenvalue weighted by Crippen LogP contribution is -2.14. The van der Waals surface area contributed by atoms with E-state index in [4.69, 9.17) is 9.05 Å². The van der Waals surface area contributed by atoms with Crippen LogP contribution < -0.4 is 5.32 Å². The molecule has 1 aromatic carbocycles. The third-order valence-corrected chi connectivity index (χ3v) is 4.49. The van der Waals surface area contributed by atoms with Crippen LogP contribution in [0.25, 0.3) is 22.4 Å². The van der Waals surface area contributed by atoms with Crippen LogP contribution in [0.1, 0.15) is 27.5 Å². The summed E-state index contributed by atoms with van der Waals surface area (Å²) in [5.41, 5.74) is 2.70. The highest BCUT2D eigenvalue weighted by molar-refractivity contribution is 6.13. The summed E-state index contributed by atoms with van der Waals surface area (Å²) >= 11 is 0. The van der Waals surface area contributed by atoms with Gasteiger partial charge in [0.15, 0.2) is 5.76 Å². The highest BCUT2D eigenvalue weighted by atomic mass is 16.6. The minimum Gasteiger partial charge on any atom is -0.359 e. The molecule has 0 aliphatic heterocycles. The number of nitrogens with one attached hydrogen (secondary N) is 1. The van der Waals surface area contributed by atoms with Crippen LogP contribution in [0.15, 0.2) is 39.4 Å². The number of nitrogens with zero attached hydrogens (tertiary/aromatic N) is 4. The van der Waals surface area contributed by atoms with Crippen molar-refractivity contribution in [1.82, 2.24) is 15.3 Å². The molecular formula is C19H15N5O5. The normalized spacial score (nSPS) is 11.0. The van der Waals surface area contributed by atoms with E-state index in [0.717, 1.165) is 0 Å². The van der Waals surface area contributed by atoms with Crippen LogP contribution in [0.4, 0.5) is 11.4 Å². The second-order valence-electron chi connectivity index (χ2n) is 6.46. The number of carbonyl (C=O) groups is 1. The van der Waals surface area contributed by atoms with E-state index in [-0.39, 0.29) is 17.0 Å². The smallest absolute Gasteiger partial charge is 0.270 e. The number of aryl methyl sites for hydroxylation is 3. The molecule has 0 saturated heterocycles. The zero-order valence-electron chi connectivity index (χ0n) is 15.7. The lowest BCUT2D eigenvalue weighted by molar-refractivity contribution is -0.384. The number of fused-ring (bicyclic) bond motifs is 1. The number of aromatic nitrogens is 3. The van der Waals surface area contributed by atoms with Crippen molar-refractivity contribution in [2.45, 2.75) is 20.8 Å². The minimum atomic E-state index is -0.494. The minimum absolute atomic E-state index is 0.0835. The Hall–Kier alpha value is -4.08. The largest absolute Gasteiger partial charge is 0.359 e. The van der Waals surface area contributed by atoms with Crippen molar-refractivity contribution in [1.29, 1.82) is 0 Å². The van der Waals surface area contributed by atoms with Crippen LogP contribution in [0.2, 0.25) is 0 Å². The van der Waals surface area contributed by atoms with Crippen molar-refractivity contribution in [3.63, 3.8) is 0 Å². The van der Waals surface area contributed by atoms with Crippen molar-refractivity contribution in [2.24, 2.45) is 0 Å². The molecule has 10 heteroatoms. The first kappa shape index (κ1) is 18.3. The van der Waals surface area contributed by atoms with Crippen LogP contribution in [-0.2, 0) is 0 Å². The Morgan fingerprint density at radius 3 is 2.55 bits per heavy atom. The summed E-state index contributed by atoms with van der Waals surface area (Å²) < 4.78 is 10.3. The van der Waals surface area contributed by atoms with Gasteiger partial charge in [-0.25, -0.2) is 4.98 Å². The third-order valence-electron chi connectivity index (χ3n) is 4.49. The Kier molecular flexibility index (Phi) is 4.30. The molecule has 0 aliphatic rings. The Morgan fingerprint density at radius 1 is 1.10 bits per heavy atom. The van der Waals surface area contributed by atoms with E-state index in [9.17, 15) is 14.9 Å². The predicted molar refractivity (Wildman–Crippen MR) is 103 cm³/mol. The summed E-state index contributed by atoms with van der Waals surface area (Å²) in [6.07, 6.45) is 0. The van der Waals surface area contributed by atoms with Gasteiger partial charge in [0, 0.05) is 17.7 Å². The summed E-state index contributed by atoms with van der Waals surface area (Å²) in [4.78, 5) is 28.0. The monoisotopic (exact) mass is 393 g/mol. The van der Waals surface area contributed by atoms with Crippen LogP contribution in [0.3, 0.4) is 0 Å². The lowest BCUT2D eigenvalue weighted by Gasteiger charge is -2.08. The van der Waals surface area contributed by atoms with Gasteiger partial charge in [-0.15, -0.1) is 0 Å². The topological polar surface area (TPSA) is 137 Å². The molecule has 0 spiro atoms. The quantitative estimate of drug-likeness (QED) is 0.406. The first-order chi connectivity index (χ1) is 13.8. The summed E-state index contributed by atoms with van der Waals surface area (Å²) in [5.74, 6) is 0.0480. The summed E-state index contributed by atoms with van der Waals surface area (Å²) in [6.45, 7) is 5.11. The Labute approximate surface area is 163 Å². The van der Waals surface area contributed by atoms with Crippen LogP contribution in [-0.4, -0.2) is 26.1 Å². The average molecular weight is 393 g/mol. The SMILES string of the molecule is Cc1noc(C)c1NC(=O)c1cc(-c2cccc([N+](=O)[O-])c2)nc2onc(C)c12. The average Bonchev–Trinajstić information content (AvgIpc) is 3.24. The second-order valence-corrected chi connectivity index (χ2v) is 6.46. The Bertz CT molecular complexity index is 1250. The maximum Gasteiger partial charge on any atom is 0.270 e. The molecule has 0 radical (unpaired) electrons. The molecule has 3 aromatic heterocycles. The molecule has 1 amide bonds. The van der Waals surface area contributed by atoms with Crippen LogP contribution in [0, 0.1) is 30.9 Å². The lowest BCUT2D eigenvalue weighted by atomic mass is 10.0. The van der Waals surface area contributed by atoms with E-state index in [1.165, 1.54) is 12.1 Å². The number of nitro groups is 1. The highest BCUT2D eigenvalue weighted by Crippen LogP contribution is 2.30. The predicted octanol–water partition coefficient (Wildman–Crippen LogP) is 3.96. The first-order valence-electron chi connectivity index (χ1n) is 8.61. The Morgan fingerprint density at radius 2 is 1.86 bits per heavy atom. The van der Waals surface area contributed by atoms with Crippen molar-refractivity contribution in [3.8, 4) is 11.3 Å². The molecular weight excluding hydrogens is 378 g/mol. The van der Waals surface area contributed by atoms with E-state index >= 15 is 0 Å². The van der Waals surface area contributed by atoms with Crippen molar-refractivity contribution < 1.29 is 18.8 Å². The van der Waals surface area contributed by atoms with E-state index in [0.29, 0.717) is 39.5 Å². The van der Waals surface area contributed by atoms with Crippen LogP contribution in [0.5, 0.6) is 0 Å². The van der Waals surface area contributed by atoms with Crippen molar-refractivity contribution >= 4 is 28.4 Å². The van der Waals surface area contributed by atoms with E-state index < -0.39 is 10.8 Å². The number of carbonyl (C=O) groups excluding carboxylic acids is 1. The van der Waals surface area contributed by atoms with E-state index in [2.05, 4.69) is 20.6 Å². The fourth-order valence-corrected chi connectivity index (χ4v) is 3.04. The van der Waals surface area contributed by atoms with Crippen LogP contribution >= 0.6 is 0 Å². The van der Waals surface area contributed by atoms with Gasteiger partial charge >= 0.3 is 0 Å². The van der Waals surface area contributed by atoms with Gasteiger partial charge in [-0.3, -0.25) is 14.9 Å². The fourth-order valence-electron chi connectivity index (χ4n) is 3.04. The van der Waals surface area contributed by atoms with Gasteiger partial charge in [0.2, 0.25) is 0 Å². The van der Waals surface area contributed by atoms with Gasteiger partial charge in [-0.1, -0.05) is 22.4 Å². The molecule has 4 aromatic rings. The molecule has 10 nitrogen and oxygen atoms in total. The summed E-state index contributed by atoms with van der Waals surface area (Å²) in [6, 6.07) is 7.53. The molecule has 0 bridgehead atoms. The van der Waals surface area contributed by atoms with Gasteiger partial charge in [-0.2, -0.15) is 0 Å². The molecule has 0 fully saturated rings. The molecule has 0 atom stereocenters. The number of benzene rings is 1. The number of nitro benzene ring substituents is 1. The Balaban J connectivity index is 1.85. The summed E-state index contributed by atoms with van der Waals surface area (Å²) in [5, 5.41) is 22.1. The fraction of sp³-hybridized carbons (Fsp3) is 0.158. The first-order valence-corrected chi connectivity index (χ1v) is 8.61. The molecule has 4 rings (SSSR count). The van der Waals surface area contributed by atoms with Gasteiger partial charge in [0.05, 0.1) is 27.3 Å². The maximum atomic E-state index is 13.1. The van der Waals surface area contributed by atoms with Gasteiger partial charge < -0.3 is 14.4 Å². The molecule has 1 N–H and O–H groups in total. The number of rotatable bonds is 4. The van der Waals surface area contributed by atoms with Gasteiger partial charge in [0.1, 0.15) is 11.4 Å². The number of amides is 1. The number of hydrogen-bond donors (Lipinski definition) is 1. The van der Waals surface area contributed by atoms with Gasteiger partial charge in [-0.05, 0) is 26.8 Å². The number of non-ortho nitro benzene ring substituents is 1. The number of hydrogen-bond acceptors (Lipinski definition) is 8. The molecule has 0 saturated carbocycles. The van der Waals surface area contributed by atoms with Gasteiger partial charge in [0.25, 0.3) is 17.3 Å².